The second-order valence-electron chi connectivity index (χ2n) is 7.65. The largest absolute Gasteiger partial charge is 0.493 e. The predicted octanol–water partition coefficient (Wildman–Crippen LogP) is 3.25. The van der Waals surface area contributed by atoms with E-state index in [0.29, 0.717) is 6.54 Å². The molecular weight excluding hydrogens is 342 g/mol. The Kier molecular flexibility index (Phi) is 6.83. The first kappa shape index (κ1) is 19.8. The fourth-order valence-electron chi connectivity index (χ4n) is 3.81. The Morgan fingerprint density at radius 3 is 2.74 bits per heavy atom. The van der Waals surface area contributed by atoms with Gasteiger partial charge in [0.25, 0.3) is 0 Å². The van der Waals surface area contributed by atoms with E-state index in [2.05, 4.69) is 28.6 Å². The lowest BCUT2D eigenvalue weighted by molar-refractivity contribution is 0.0243. The second-order valence-corrected chi connectivity index (χ2v) is 7.65. The van der Waals surface area contributed by atoms with Crippen LogP contribution in [0.3, 0.4) is 0 Å². The zero-order valence-corrected chi connectivity index (χ0v) is 16.8. The monoisotopic (exact) mass is 375 g/mol. The summed E-state index contributed by atoms with van der Waals surface area (Å²) in [7, 11) is 3.48. The highest BCUT2D eigenvalue weighted by Crippen LogP contribution is 2.34. The van der Waals surface area contributed by atoms with Gasteiger partial charge in [0.1, 0.15) is 0 Å². The van der Waals surface area contributed by atoms with Gasteiger partial charge in [0.2, 0.25) is 0 Å². The molecule has 0 bridgehead atoms. The summed E-state index contributed by atoms with van der Waals surface area (Å²) in [5.41, 5.74) is 0.970. The van der Waals surface area contributed by atoms with Crippen LogP contribution in [-0.2, 0) is 11.3 Å². The number of methoxy groups -OCH3 is 1. The molecule has 1 aromatic rings. The molecule has 2 aliphatic rings. The standard InChI is InChI=1S/C21H33N3O3/c1-21(12-7-13-26-21)15-24-20(22-2)23-14-16-8-6-11-18(25-3)19(16)27-17-9-4-5-10-17/h6,8,11,17H,4-5,7,9-10,12-15H2,1-3H3,(H2,22,23,24). The van der Waals surface area contributed by atoms with Crippen LogP contribution in [0.25, 0.3) is 0 Å². The minimum atomic E-state index is -0.107. The summed E-state index contributed by atoms with van der Waals surface area (Å²) in [6.45, 7) is 4.36. The Bertz CT molecular complexity index is 636. The molecule has 27 heavy (non-hydrogen) atoms. The van der Waals surface area contributed by atoms with E-state index in [1.54, 1.807) is 14.2 Å². The van der Waals surface area contributed by atoms with E-state index in [9.17, 15) is 0 Å². The number of nitrogens with one attached hydrogen (secondary N) is 2. The van der Waals surface area contributed by atoms with Gasteiger partial charge >= 0.3 is 0 Å². The summed E-state index contributed by atoms with van der Waals surface area (Å²) >= 11 is 0. The summed E-state index contributed by atoms with van der Waals surface area (Å²) in [6.07, 6.45) is 7.20. The fourth-order valence-corrected chi connectivity index (χ4v) is 3.81. The molecule has 1 aliphatic carbocycles. The van der Waals surface area contributed by atoms with E-state index in [0.717, 1.165) is 61.9 Å². The van der Waals surface area contributed by atoms with Crippen LogP contribution in [0.2, 0.25) is 0 Å². The van der Waals surface area contributed by atoms with Crippen LogP contribution in [0.1, 0.15) is 51.0 Å². The molecule has 1 aliphatic heterocycles. The van der Waals surface area contributed by atoms with Crippen molar-refractivity contribution in [2.24, 2.45) is 4.99 Å². The lowest BCUT2D eigenvalue weighted by atomic mass is 10.0. The average molecular weight is 376 g/mol. The van der Waals surface area contributed by atoms with Crippen molar-refractivity contribution in [3.63, 3.8) is 0 Å². The number of ether oxygens (including phenoxy) is 3. The van der Waals surface area contributed by atoms with E-state index in [-0.39, 0.29) is 11.7 Å². The van der Waals surface area contributed by atoms with E-state index < -0.39 is 0 Å². The number of rotatable bonds is 7. The van der Waals surface area contributed by atoms with Crippen LogP contribution < -0.4 is 20.1 Å². The van der Waals surface area contributed by atoms with Crippen molar-refractivity contribution in [3.8, 4) is 11.5 Å². The first-order chi connectivity index (χ1) is 13.1. The Hall–Kier alpha value is -1.95. The number of benzene rings is 1. The zero-order valence-electron chi connectivity index (χ0n) is 16.8. The number of aliphatic imine (C=N–C) groups is 1. The van der Waals surface area contributed by atoms with Crippen LogP contribution in [0.4, 0.5) is 0 Å². The number of hydrogen-bond acceptors (Lipinski definition) is 4. The molecule has 1 saturated carbocycles. The van der Waals surface area contributed by atoms with Crippen LogP contribution in [0.5, 0.6) is 11.5 Å². The van der Waals surface area contributed by atoms with Crippen molar-refractivity contribution in [1.82, 2.24) is 10.6 Å². The van der Waals surface area contributed by atoms with Gasteiger partial charge in [-0.15, -0.1) is 0 Å². The van der Waals surface area contributed by atoms with Gasteiger partial charge in [0, 0.05) is 32.3 Å². The highest BCUT2D eigenvalue weighted by atomic mass is 16.5. The first-order valence-electron chi connectivity index (χ1n) is 10.0. The molecule has 1 saturated heterocycles. The molecule has 1 heterocycles. The molecule has 6 heteroatoms. The Morgan fingerprint density at radius 1 is 1.26 bits per heavy atom. The van der Waals surface area contributed by atoms with Gasteiger partial charge in [-0.05, 0) is 51.5 Å². The van der Waals surface area contributed by atoms with Crippen molar-refractivity contribution in [2.45, 2.75) is 63.7 Å². The molecule has 150 valence electrons. The molecule has 1 unspecified atom stereocenters. The average Bonchev–Trinajstić information content (AvgIpc) is 3.35. The molecule has 0 amide bonds. The SMILES string of the molecule is CN=C(NCc1cccc(OC)c1OC1CCCC1)NCC1(C)CCCO1. The van der Waals surface area contributed by atoms with E-state index in [4.69, 9.17) is 14.2 Å². The van der Waals surface area contributed by atoms with Gasteiger partial charge < -0.3 is 24.8 Å². The van der Waals surface area contributed by atoms with Crippen molar-refractivity contribution < 1.29 is 14.2 Å². The lowest BCUT2D eigenvalue weighted by Gasteiger charge is -2.25. The molecule has 0 radical (unpaired) electrons. The van der Waals surface area contributed by atoms with E-state index >= 15 is 0 Å². The zero-order chi connectivity index (χ0) is 19.1. The lowest BCUT2D eigenvalue weighted by Crippen LogP contribution is -2.45. The van der Waals surface area contributed by atoms with Gasteiger partial charge in [-0.3, -0.25) is 4.99 Å². The molecular formula is C21H33N3O3. The molecule has 3 rings (SSSR count). The van der Waals surface area contributed by atoms with E-state index in [1.165, 1.54) is 12.8 Å². The summed E-state index contributed by atoms with van der Waals surface area (Å²) in [5.74, 6) is 2.40. The number of nitrogens with zero attached hydrogens (tertiary/aromatic N) is 1. The summed E-state index contributed by atoms with van der Waals surface area (Å²) in [4.78, 5) is 4.34. The van der Waals surface area contributed by atoms with Crippen molar-refractivity contribution in [1.29, 1.82) is 0 Å². The topological polar surface area (TPSA) is 64.1 Å². The predicted molar refractivity (Wildman–Crippen MR) is 108 cm³/mol. The van der Waals surface area contributed by atoms with Crippen LogP contribution in [0.15, 0.2) is 23.2 Å². The van der Waals surface area contributed by atoms with Gasteiger partial charge in [0.15, 0.2) is 17.5 Å². The summed E-state index contributed by atoms with van der Waals surface area (Å²) < 4.78 is 17.7. The first-order valence-corrected chi connectivity index (χ1v) is 10.0. The van der Waals surface area contributed by atoms with Crippen LogP contribution in [0, 0.1) is 0 Å². The molecule has 2 fully saturated rings. The Labute approximate surface area is 162 Å². The van der Waals surface area contributed by atoms with Crippen LogP contribution >= 0.6 is 0 Å². The number of hydrogen-bond donors (Lipinski definition) is 2. The smallest absolute Gasteiger partial charge is 0.191 e. The number of guanidine groups is 1. The third-order valence-electron chi connectivity index (χ3n) is 5.47. The van der Waals surface area contributed by atoms with Crippen molar-refractivity contribution in [3.05, 3.63) is 23.8 Å². The molecule has 0 aromatic heterocycles. The highest BCUT2D eigenvalue weighted by molar-refractivity contribution is 5.79. The normalized spacial score (nSPS) is 23.4. The minimum absolute atomic E-state index is 0.107. The second kappa shape index (κ2) is 9.31. The molecule has 1 atom stereocenters. The third kappa shape index (κ3) is 5.28. The quantitative estimate of drug-likeness (QED) is 0.566. The van der Waals surface area contributed by atoms with Crippen LogP contribution in [-0.4, -0.2) is 45.0 Å². The highest BCUT2D eigenvalue weighted by Gasteiger charge is 2.29. The van der Waals surface area contributed by atoms with Gasteiger partial charge in [0.05, 0.1) is 18.8 Å². The van der Waals surface area contributed by atoms with Gasteiger partial charge in [-0.2, -0.15) is 0 Å². The van der Waals surface area contributed by atoms with Gasteiger partial charge in [-0.25, -0.2) is 0 Å². The fraction of sp³-hybridized carbons (Fsp3) is 0.667. The van der Waals surface area contributed by atoms with E-state index in [1.807, 2.05) is 12.1 Å². The van der Waals surface area contributed by atoms with Gasteiger partial charge in [-0.1, -0.05) is 12.1 Å². The molecule has 0 spiro atoms. The molecule has 6 nitrogen and oxygen atoms in total. The summed E-state index contributed by atoms with van der Waals surface area (Å²) in [5, 5.41) is 6.78. The maximum Gasteiger partial charge on any atom is 0.191 e. The molecule has 1 aromatic carbocycles. The van der Waals surface area contributed by atoms with Crippen molar-refractivity contribution >= 4 is 5.96 Å². The maximum atomic E-state index is 6.31. The summed E-state index contributed by atoms with van der Waals surface area (Å²) in [6, 6.07) is 6.04. The number of para-hydroxylation sites is 1. The Balaban J connectivity index is 1.61. The van der Waals surface area contributed by atoms with Crippen molar-refractivity contribution in [2.75, 3.05) is 27.3 Å². The minimum Gasteiger partial charge on any atom is -0.493 e. The molecule has 2 N–H and O–H groups in total. The maximum absolute atomic E-state index is 6.31. The Morgan fingerprint density at radius 2 is 2.07 bits per heavy atom. The third-order valence-corrected chi connectivity index (χ3v) is 5.47.